The van der Waals surface area contributed by atoms with E-state index in [2.05, 4.69) is 4.72 Å². The van der Waals surface area contributed by atoms with Gasteiger partial charge in [0.15, 0.2) is 9.84 Å². The van der Waals surface area contributed by atoms with Gasteiger partial charge in [-0.05, 0) is 36.2 Å². The Morgan fingerprint density at radius 3 is 2.04 bits per heavy atom. The van der Waals surface area contributed by atoms with E-state index in [4.69, 9.17) is 0 Å². The van der Waals surface area contributed by atoms with Crippen LogP contribution >= 0.6 is 0 Å². The lowest BCUT2D eigenvalue weighted by Gasteiger charge is -2.10. The molecule has 0 atom stereocenters. The SMILES string of the molecule is CS(=O)(=O)c1ccccc1S(=O)(=O)NCCc1ccc(F)cc1. The molecule has 0 saturated heterocycles. The number of sulfonamides is 1. The van der Waals surface area contributed by atoms with E-state index >= 15 is 0 Å². The third-order valence-corrected chi connectivity index (χ3v) is 5.96. The second-order valence-corrected chi connectivity index (χ2v) is 8.71. The first-order valence-electron chi connectivity index (χ1n) is 6.73. The highest BCUT2D eigenvalue weighted by Gasteiger charge is 2.22. The normalized spacial score (nSPS) is 12.3. The molecule has 0 saturated carbocycles. The molecule has 5 nitrogen and oxygen atoms in total. The maximum Gasteiger partial charge on any atom is 0.241 e. The van der Waals surface area contributed by atoms with E-state index in [-0.39, 0.29) is 22.2 Å². The minimum absolute atomic E-state index is 0.0755. The molecule has 2 aromatic carbocycles. The summed E-state index contributed by atoms with van der Waals surface area (Å²) in [5.41, 5.74) is 0.769. The Labute approximate surface area is 135 Å². The molecule has 0 unspecified atom stereocenters. The molecule has 0 bridgehead atoms. The average molecular weight is 357 g/mol. The molecule has 1 N–H and O–H groups in total. The molecule has 0 aromatic heterocycles. The number of nitrogens with one attached hydrogen (secondary N) is 1. The van der Waals surface area contributed by atoms with Crippen LogP contribution in [0.15, 0.2) is 58.3 Å². The van der Waals surface area contributed by atoms with E-state index in [9.17, 15) is 21.2 Å². The Kier molecular flexibility index (Phi) is 5.18. The second kappa shape index (κ2) is 6.77. The zero-order valence-corrected chi connectivity index (χ0v) is 14.0. The van der Waals surface area contributed by atoms with Gasteiger partial charge < -0.3 is 0 Å². The third-order valence-electron chi connectivity index (χ3n) is 3.16. The number of benzene rings is 2. The van der Waals surface area contributed by atoms with Gasteiger partial charge in [-0.15, -0.1) is 0 Å². The highest BCUT2D eigenvalue weighted by atomic mass is 32.2. The van der Waals surface area contributed by atoms with Gasteiger partial charge in [0.05, 0.1) is 4.90 Å². The first kappa shape index (κ1) is 17.6. The van der Waals surface area contributed by atoms with E-state index in [1.54, 1.807) is 12.1 Å². The van der Waals surface area contributed by atoms with Crippen LogP contribution in [0.1, 0.15) is 5.56 Å². The summed E-state index contributed by atoms with van der Waals surface area (Å²) in [6, 6.07) is 11.1. The van der Waals surface area contributed by atoms with Crippen molar-refractivity contribution in [3.05, 3.63) is 59.9 Å². The molecule has 0 amide bonds. The van der Waals surface area contributed by atoms with Gasteiger partial charge in [-0.2, -0.15) is 0 Å². The summed E-state index contributed by atoms with van der Waals surface area (Å²) in [7, 11) is -7.62. The Morgan fingerprint density at radius 1 is 0.913 bits per heavy atom. The van der Waals surface area contributed by atoms with Crippen molar-refractivity contribution in [2.75, 3.05) is 12.8 Å². The maximum absolute atomic E-state index is 12.8. The van der Waals surface area contributed by atoms with Gasteiger partial charge in [-0.1, -0.05) is 24.3 Å². The first-order valence-corrected chi connectivity index (χ1v) is 10.1. The van der Waals surface area contributed by atoms with Crippen molar-refractivity contribution in [1.82, 2.24) is 4.72 Å². The van der Waals surface area contributed by atoms with Crippen LogP contribution in [0, 0.1) is 5.82 Å². The van der Waals surface area contributed by atoms with E-state index in [1.165, 1.54) is 36.4 Å². The highest BCUT2D eigenvalue weighted by molar-refractivity contribution is 7.93. The highest BCUT2D eigenvalue weighted by Crippen LogP contribution is 2.20. The van der Waals surface area contributed by atoms with Crippen LogP contribution in [0.5, 0.6) is 0 Å². The van der Waals surface area contributed by atoms with Gasteiger partial charge in [-0.25, -0.2) is 25.9 Å². The number of halogens is 1. The molecule has 2 aromatic rings. The lowest BCUT2D eigenvalue weighted by molar-refractivity contribution is 0.574. The van der Waals surface area contributed by atoms with Crippen molar-refractivity contribution in [3.8, 4) is 0 Å². The van der Waals surface area contributed by atoms with Crippen molar-refractivity contribution in [2.24, 2.45) is 0 Å². The smallest absolute Gasteiger partial charge is 0.224 e. The van der Waals surface area contributed by atoms with Crippen LogP contribution in [0.2, 0.25) is 0 Å². The molecule has 8 heteroatoms. The Balaban J connectivity index is 2.15. The molecule has 0 aliphatic heterocycles. The lowest BCUT2D eigenvalue weighted by atomic mass is 10.1. The van der Waals surface area contributed by atoms with Crippen molar-refractivity contribution >= 4 is 19.9 Å². The zero-order valence-electron chi connectivity index (χ0n) is 12.4. The predicted molar refractivity (Wildman–Crippen MR) is 84.8 cm³/mol. The summed E-state index contributed by atoms with van der Waals surface area (Å²) in [6.45, 7) is 0.0755. The number of sulfone groups is 1. The van der Waals surface area contributed by atoms with Crippen LogP contribution in [0.4, 0.5) is 4.39 Å². The van der Waals surface area contributed by atoms with Crippen LogP contribution in [-0.4, -0.2) is 29.6 Å². The molecule has 0 radical (unpaired) electrons. The van der Waals surface area contributed by atoms with Crippen molar-refractivity contribution in [3.63, 3.8) is 0 Å². The summed E-state index contributed by atoms with van der Waals surface area (Å²) in [5, 5.41) is 0. The summed E-state index contributed by atoms with van der Waals surface area (Å²) < 4.78 is 63.2. The van der Waals surface area contributed by atoms with Crippen LogP contribution < -0.4 is 4.72 Å². The standard InChI is InChI=1S/C15H16FNO4S2/c1-22(18,19)14-4-2-3-5-15(14)23(20,21)17-11-10-12-6-8-13(16)9-7-12/h2-9,17H,10-11H2,1H3. The molecule has 124 valence electrons. The van der Waals surface area contributed by atoms with Crippen molar-refractivity contribution < 1.29 is 21.2 Å². The van der Waals surface area contributed by atoms with Gasteiger partial charge in [0.1, 0.15) is 10.7 Å². The van der Waals surface area contributed by atoms with Gasteiger partial charge in [0.25, 0.3) is 0 Å². The van der Waals surface area contributed by atoms with E-state index in [0.29, 0.717) is 6.42 Å². The van der Waals surface area contributed by atoms with Gasteiger partial charge in [-0.3, -0.25) is 0 Å². The zero-order chi connectivity index (χ0) is 17.1. The molecular weight excluding hydrogens is 341 g/mol. The molecule has 0 fully saturated rings. The number of hydrogen-bond donors (Lipinski definition) is 1. The van der Waals surface area contributed by atoms with Crippen molar-refractivity contribution in [1.29, 1.82) is 0 Å². The topological polar surface area (TPSA) is 80.3 Å². The molecule has 0 spiro atoms. The number of rotatable bonds is 6. The second-order valence-electron chi connectivity index (χ2n) is 4.99. The largest absolute Gasteiger partial charge is 0.241 e. The molecular formula is C15H16FNO4S2. The summed E-state index contributed by atoms with van der Waals surface area (Å²) in [4.78, 5) is -0.518. The fourth-order valence-electron chi connectivity index (χ4n) is 2.04. The Bertz CT molecular complexity index is 891. The molecule has 0 aliphatic carbocycles. The van der Waals surface area contributed by atoms with Gasteiger partial charge in [0, 0.05) is 12.8 Å². The quantitative estimate of drug-likeness (QED) is 0.854. The molecule has 23 heavy (non-hydrogen) atoms. The molecule has 2 rings (SSSR count). The third kappa shape index (κ3) is 4.60. The molecule has 0 heterocycles. The van der Waals surface area contributed by atoms with E-state index in [1.807, 2.05) is 0 Å². The minimum Gasteiger partial charge on any atom is -0.224 e. The van der Waals surface area contributed by atoms with Crippen LogP contribution in [0.3, 0.4) is 0 Å². The van der Waals surface area contributed by atoms with Crippen LogP contribution in [-0.2, 0) is 26.3 Å². The minimum atomic E-state index is -3.96. The monoisotopic (exact) mass is 357 g/mol. The van der Waals surface area contributed by atoms with Crippen molar-refractivity contribution in [2.45, 2.75) is 16.2 Å². The summed E-state index contributed by atoms with van der Waals surface area (Å²) in [5.74, 6) is -0.364. The Morgan fingerprint density at radius 2 is 1.48 bits per heavy atom. The fourth-order valence-corrected chi connectivity index (χ4v) is 4.70. The average Bonchev–Trinajstić information content (AvgIpc) is 2.48. The number of hydrogen-bond acceptors (Lipinski definition) is 4. The predicted octanol–water partition coefficient (Wildman–Crippen LogP) is 1.75. The lowest BCUT2D eigenvalue weighted by Crippen LogP contribution is -2.27. The summed E-state index contributed by atoms with van der Waals surface area (Å²) >= 11 is 0. The van der Waals surface area contributed by atoms with Gasteiger partial charge >= 0.3 is 0 Å². The van der Waals surface area contributed by atoms with E-state index < -0.39 is 19.9 Å². The molecule has 0 aliphatic rings. The summed E-state index contributed by atoms with van der Waals surface area (Å²) in [6.07, 6.45) is 1.32. The maximum atomic E-state index is 12.8. The van der Waals surface area contributed by atoms with Gasteiger partial charge in [0.2, 0.25) is 10.0 Å². The van der Waals surface area contributed by atoms with Crippen LogP contribution in [0.25, 0.3) is 0 Å². The van der Waals surface area contributed by atoms with E-state index in [0.717, 1.165) is 11.8 Å². The first-order chi connectivity index (χ1) is 10.7. The Hall–Kier alpha value is -1.77. The fraction of sp³-hybridized carbons (Fsp3) is 0.200.